The zero-order valence-electron chi connectivity index (χ0n) is 13.2. The lowest BCUT2D eigenvalue weighted by Gasteiger charge is -2.15. The highest BCUT2D eigenvalue weighted by molar-refractivity contribution is 5.18. The van der Waals surface area contributed by atoms with E-state index in [1.807, 2.05) is 13.8 Å². The first-order chi connectivity index (χ1) is 9.55. The van der Waals surface area contributed by atoms with Crippen molar-refractivity contribution < 1.29 is 0 Å². The molecule has 1 N–H and O–H groups in total. The van der Waals surface area contributed by atoms with E-state index < -0.39 is 0 Å². The molecule has 0 heterocycles. The second-order valence-corrected chi connectivity index (χ2v) is 6.30. The fraction of sp³-hybridized carbons (Fsp3) is 0.611. The van der Waals surface area contributed by atoms with Gasteiger partial charge in [0.15, 0.2) is 0 Å². The first kappa shape index (κ1) is 16.7. The summed E-state index contributed by atoms with van der Waals surface area (Å²) in [6.45, 7) is 8.44. The predicted octanol–water partition coefficient (Wildman–Crippen LogP) is 4.49. The Morgan fingerprint density at radius 3 is 2.50 bits per heavy atom. The number of benzene rings is 1. The van der Waals surface area contributed by atoms with Crippen LogP contribution in [0.2, 0.25) is 0 Å². The van der Waals surface area contributed by atoms with Gasteiger partial charge in [-0.05, 0) is 57.7 Å². The minimum Gasteiger partial charge on any atom is -0.317 e. The number of nitriles is 1. The smallest absolute Gasteiger partial charge is 0.0683 e. The van der Waals surface area contributed by atoms with Crippen LogP contribution in [0, 0.1) is 16.7 Å². The summed E-state index contributed by atoms with van der Waals surface area (Å²) < 4.78 is 0. The quantitative estimate of drug-likeness (QED) is 0.672. The molecule has 2 nitrogen and oxygen atoms in total. The van der Waals surface area contributed by atoms with Crippen LogP contribution in [0.1, 0.15) is 57.9 Å². The number of nitrogens with zero attached hydrogens (tertiary/aromatic N) is 1. The summed E-state index contributed by atoms with van der Waals surface area (Å²) in [4.78, 5) is 0. The summed E-state index contributed by atoms with van der Waals surface area (Å²) in [5.41, 5.74) is 1.26. The zero-order valence-corrected chi connectivity index (χ0v) is 13.2. The molecule has 0 saturated carbocycles. The van der Waals surface area contributed by atoms with Crippen LogP contribution in [0.3, 0.4) is 0 Å². The molecule has 0 bridgehead atoms. The van der Waals surface area contributed by atoms with Crippen molar-refractivity contribution >= 4 is 0 Å². The topological polar surface area (TPSA) is 35.8 Å². The second kappa shape index (κ2) is 8.76. The Hall–Kier alpha value is -1.33. The summed E-state index contributed by atoms with van der Waals surface area (Å²) in [7, 11) is 0. The largest absolute Gasteiger partial charge is 0.317 e. The SMILES string of the molecule is CC(CCNCCCCC(C)(C)C#N)c1ccccc1. The summed E-state index contributed by atoms with van der Waals surface area (Å²) in [6, 6.07) is 13.0. The molecule has 0 saturated heterocycles. The van der Waals surface area contributed by atoms with Gasteiger partial charge in [0.25, 0.3) is 0 Å². The molecular weight excluding hydrogens is 244 g/mol. The monoisotopic (exact) mass is 272 g/mol. The highest BCUT2D eigenvalue weighted by atomic mass is 14.8. The maximum Gasteiger partial charge on any atom is 0.0683 e. The van der Waals surface area contributed by atoms with Crippen molar-refractivity contribution in [3.8, 4) is 6.07 Å². The van der Waals surface area contributed by atoms with E-state index in [4.69, 9.17) is 5.26 Å². The van der Waals surface area contributed by atoms with Crippen LogP contribution < -0.4 is 5.32 Å². The van der Waals surface area contributed by atoms with Gasteiger partial charge in [-0.15, -0.1) is 0 Å². The van der Waals surface area contributed by atoms with Gasteiger partial charge in [0.05, 0.1) is 11.5 Å². The minimum absolute atomic E-state index is 0.165. The van der Waals surface area contributed by atoms with Crippen LogP contribution in [-0.4, -0.2) is 13.1 Å². The lowest BCUT2D eigenvalue weighted by atomic mass is 9.89. The molecule has 1 aromatic rings. The van der Waals surface area contributed by atoms with Crippen molar-refractivity contribution in [1.29, 1.82) is 5.26 Å². The van der Waals surface area contributed by atoms with E-state index in [2.05, 4.69) is 48.6 Å². The highest BCUT2D eigenvalue weighted by Crippen LogP contribution is 2.21. The molecule has 0 amide bonds. The zero-order chi connectivity index (χ0) is 14.8. The van der Waals surface area contributed by atoms with Crippen molar-refractivity contribution in [1.82, 2.24) is 5.32 Å². The summed E-state index contributed by atoms with van der Waals surface area (Å²) in [6.07, 6.45) is 4.45. The Bertz CT molecular complexity index is 403. The third-order valence-corrected chi connectivity index (χ3v) is 3.83. The van der Waals surface area contributed by atoms with Crippen LogP contribution in [-0.2, 0) is 0 Å². The summed E-state index contributed by atoms with van der Waals surface area (Å²) in [5.74, 6) is 0.612. The molecular formula is C18H28N2. The van der Waals surface area contributed by atoms with Gasteiger partial charge in [-0.25, -0.2) is 0 Å². The van der Waals surface area contributed by atoms with Crippen LogP contribution >= 0.6 is 0 Å². The average molecular weight is 272 g/mol. The molecule has 0 aliphatic carbocycles. The van der Waals surface area contributed by atoms with Gasteiger partial charge in [0.2, 0.25) is 0 Å². The van der Waals surface area contributed by atoms with E-state index in [1.165, 1.54) is 12.0 Å². The molecule has 0 fully saturated rings. The van der Waals surface area contributed by atoms with E-state index in [1.54, 1.807) is 0 Å². The fourth-order valence-electron chi connectivity index (χ4n) is 2.26. The first-order valence-corrected chi connectivity index (χ1v) is 7.72. The molecule has 0 radical (unpaired) electrons. The predicted molar refractivity (Wildman–Crippen MR) is 85.6 cm³/mol. The molecule has 1 rings (SSSR count). The third kappa shape index (κ3) is 6.73. The number of rotatable bonds is 9. The van der Waals surface area contributed by atoms with Crippen LogP contribution in [0.5, 0.6) is 0 Å². The second-order valence-electron chi connectivity index (χ2n) is 6.30. The molecule has 20 heavy (non-hydrogen) atoms. The Labute approximate surface area is 124 Å². The number of unbranched alkanes of at least 4 members (excludes halogenated alkanes) is 1. The number of hydrogen-bond donors (Lipinski definition) is 1. The molecule has 0 aliphatic heterocycles. The number of nitrogens with one attached hydrogen (secondary N) is 1. The van der Waals surface area contributed by atoms with E-state index in [0.717, 1.165) is 32.4 Å². The van der Waals surface area contributed by atoms with Crippen LogP contribution in [0.15, 0.2) is 30.3 Å². The van der Waals surface area contributed by atoms with Gasteiger partial charge in [0.1, 0.15) is 0 Å². The van der Waals surface area contributed by atoms with Gasteiger partial charge >= 0.3 is 0 Å². The highest BCUT2D eigenvalue weighted by Gasteiger charge is 2.15. The maximum atomic E-state index is 8.94. The average Bonchev–Trinajstić information content (AvgIpc) is 2.47. The van der Waals surface area contributed by atoms with E-state index in [-0.39, 0.29) is 5.41 Å². The third-order valence-electron chi connectivity index (χ3n) is 3.83. The first-order valence-electron chi connectivity index (χ1n) is 7.72. The standard InChI is InChI=1S/C18H28N2/c1-16(17-9-5-4-6-10-17)11-14-20-13-8-7-12-18(2,3)15-19/h4-6,9-10,16,20H,7-8,11-14H2,1-3H3. The summed E-state index contributed by atoms with van der Waals surface area (Å²) in [5, 5.41) is 12.4. The molecule has 1 atom stereocenters. The van der Waals surface area contributed by atoms with Crippen LogP contribution in [0.4, 0.5) is 0 Å². The van der Waals surface area contributed by atoms with Gasteiger partial charge in [-0.1, -0.05) is 43.7 Å². The van der Waals surface area contributed by atoms with Crippen molar-refractivity contribution in [3.05, 3.63) is 35.9 Å². The summed E-state index contributed by atoms with van der Waals surface area (Å²) >= 11 is 0. The molecule has 0 spiro atoms. The normalized spacial score (nSPS) is 12.9. The van der Waals surface area contributed by atoms with E-state index in [9.17, 15) is 0 Å². The molecule has 2 heteroatoms. The molecule has 0 aromatic heterocycles. The van der Waals surface area contributed by atoms with Gasteiger partial charge < -0.3 is 5.32 Å². The lowest BCUT2D eigenvalue weighted by Crippen LogP contribution is -2.19. The van der Waals surface area contributed by atoms with Crippen LogP contribution in [0.25, 0.3) is 0 Å². The molecule has 1 unspecified atom stereocenters. The Morgan fingerprint density at radius 1 is 1.15 bits per heavy atom. The fourth-order valence-corrected chi connectivity index (χ4v) is 2.26. The van der Waals surface area contributed by atoms with Gasteiger partial charge in [-0.3, -0.25) is 0 Å². The molecule has 1 aromatic carbocycles. The van der Waals surface area contributed by atoms with Gasteiger partial charge in [-0.2, -0.15) is 5.26 Å². The Morgan fingerprint density at radius 2 is 1.85 bits per heavy atom. The van der Waals surface area contributed by atoms with Crippen molar-refractivity contribution in [2.45, 2.75) is 52.4 Å². The van der Waals surface area contributed by atoms with Crippen molar-refractivity contribution in [2.24, 2.45) is 5.41 Å². The number of hydrogen-bond acceptors (Lipinski definition) is 2. The maximum absolute atomic E-state index is 8.94. The minimum atomic E-state index is -0.165. The molecule has 0 aliphatic rings. The lowest BCUT2D eigenvalue weighted by molar-refractivity contribution is 0.421. The Kier molecular flexibility index (Phi) is 7.33. The van der Waals surface area contributed by atoms with Crippen molar-refractivity contribution in [3.63, 3.8) is 0 Å². The van der Waals surface area contributed by atoms with Gasteiger partial charge in [0, 0.05) is 0 Å². The van der Waals surface area contributed by atoms with Crippen molar-refractivity contribution in [2.75, 3.05) is 13.1 Å². The van der Waals surface area contributed by atoms with E-state index in [0.29, 0.717) is 5.92 Å². The Balaban J connectivity index is 2.04. The van der Waals surface area contributed by atoms with E-state index >= 15 is 0 Å². The molecule has 110 valence electrons.